The molecule has 0 atom stereocenters. The highest BCUT2D eigenvalue weighted by Gasteiger charge is 2.42. The summed E-state index contributed by atoms with van der Waals surface area (Å²) in [6.07, 6.45) is 5.23. The molecule has 0 spiro atoms. The van der Waals surface area contributed by atoms with Crippen LogP contribution >= 0.6 is 15.9 Å². The molecule has 27 heavy (non-hydrogen) atoms. The molecule has 2 aliphatic carbocycles. The Kier molecular flexibility index (Phi) is 4.63. The summed E-state index contributed by atoms with van der Waals surface area (Å²) in [7, 11) is 0. The van der Waals surface area contributed by atoms with Crippen LogP contribution in [0.15, 0.2) is 22.9 Å². The van der Waals surface area contributed by atoms with Gasteiger partial charge in [-0.25, -0.2) is 14.4 Å². The van der Waals surface area contributed by atoms with Crippen molar-refractivity contribution in [3.63, 3.8) is 0 Å². The molecule has 1 aromatic carbocycles. The number of rotatable bonds is 6. The van der Waals surface area contributed by atoms with Crippen LogP contribution < -0.4 is 10.6 Å². The highest BCUT2D eigenvalue weighted by atomic mass is 79.9. The first-order valence-electron chi connectivity index (χ1n) is 8.94. The molecule has 142 valence electrons. The minimum absolute atomic E-state index is 0.0137. The first kappa shape index (κ1) is 18.3. The lowest BCUT2D eigenvalue weighted by atomic mass is 10.0. The van der Waals surface area contributed by atoms with Crippen molar-refractivity contribution in [2.45, 2.75) is 44.2 Å². The Labute approximate surface area is 164 Å². The van der Waals surface area contributed by atoms with Crippen molar-refractivity contribution in [1.29, 1.82) is 0 Å². The van der Waals surface area contributed by atoms with Crippen LogP contribution in [0.1, 0.15) is 41.6 Å². The summed E-state index contributed by atoms with van der Waals surface area (Å²) < 4.78 is 14.8. The number of hydrogen-bond donors (Lipinski definition) is 3. The number of aliphatic hydroxyl groups is 1. The van der Waals surface area contributed by atoms with Crippen molar-refractivity contribution in [3.8, 4) is 11.3 Å². The van der Waals surface area contributed by atoms with Crippen LogP contribution in [-0.4, -0.2) is 39.2 Å². The van der Waals surface area contributed by atoms with E-state index in [0.29, 0.717) is 27.2 Å². The minimum Gasteiger partial charge on any atom is -0.394 e. The minimum atomic E-state index is -0.543. The van der Waals surface area contributed by atoms with Crippen molar-refractivity contribution in [1.82, 2.24) is 15.3 Å². The Bertz CT molecular complexity index is 913. The van der Waals surface area contributed by atoms with Gasteiger partial charge in [-0.05, 0) is 66.2 Å². The zero-order valence-corrected chi connectivity index (χ0v) is 16.4. The zero-order chi connectivity index (χ0) is 19.2. The highest BCUT2D eigenvalue weighted by Crippen LogP contribution is 2.39. The number of nitrogens with zero attached hydrogens (tertiary/aromatic N) is 2. The topological polar surface area (TPSA) is 87.1 Å². The molecule has 1 amide bonds. The van der Waals surface area contributed by atoms with E-state index in [1.165, 1.54) is 12.1 Å². The molecule has 0 aliphatic heterocycles. The number of amides is 1. The fourth-order valence-electron chi connectivity index (χ4n) is 2.92. The van der Waals surface area contributed by atoms with E-state index in [1.807, 2.05) is 0 Å². The standard InChI is InChI=1S/C19H20BrFN4O2/c1-10-6-14(21)13(18(27)23-11-2-3-11)7-12(10)15-8-22-17(16(20)24-15)25-19(9-26)4-5-19/h6-8,11,26H,2-5,9H2,1H3,(H,22,25)(H,23,27). The summed E-state index contributed by atoms with van der Waals surface area (Å²) in [5.74, 6) is -0.393. The molecular weight excluding hydrogens is 415 g/mol. The Morgan fingerprint density at radius 1 is 1.41 bits per heavy atom. The lowest BCUT2D eigenvalue weighted by Crippen LogP contribution is -2.26. The maximum Gasteiger partial charge on any atom is 0.254 e. The summed E-state index contributed by atoms with van der Waals surface area (Å²) >= 11 is 3.41. The molecule has 0 saturated heterocycles. The lowest BCUT2D eigenvalue weighted by molar-refractivity contribution is 0.0947. The lowest BCUT2D eigenvalue weighted by Gasteiger charge is -2.16. The fraction of sp³-hybridized carbons (Fsp3) is 0.421. The molecular formula is C19H20BrFN4O2. The average Bonchev–Trinajstić information content (AvgIpc) is 3.54. The zero-order valence-electron chi connectivity index (χ0n) is 14.9. The average molecular weight is 435 g/mol. The van der Waals surface area contributed by atoms with E-state index >= 15 is 0 Å². The number of hydrogen-bond acceptors (Lipinski definition) is 5. The summed E-state index contributed by atoms with van der Waals surface area (Å²) in [6, 6.07) is 3.04. The second-order valence-electron chi connectivity index (χ2n) is 7.35. The number of benzene rings is 1. The Morgan fingerprint density at radius 3 is 2.74 bits per heavy atom. The number of nitrogens with one attached hydrogen (secondary N) is 2. The number of anilines is 1. The molecule has 0 bridgehead atoms. The van der Waals surface area contributed by atoms with Gasteiger partial charge >= 0.3 is 0 Å². The molecule has 8 heteroatoms. The summed E-state index contributed by atoms with van der Waals surface area (Å²) in [4.78, 5) is 21.2. The Balaban J connectivity index is 1.64. The first-order valence-corrected chi connectivity index (χ1v) is 9.73. The molecule has 2 saturated carbocycles. The number of aryl methyl sites for hydroxylation is 1. The van der Waals surface area contributed by atoms with E-state index in [-0.39, 0.29) is 23.8 Å². The molecule has 1 aromatic heterocycles. The molecule has 6 nitrogen and oxygen atoms in total. The predicted molar refractivity (Wildman–Crippen MR) is 103 cm³/mol. The molecule has 1 heterocycles. The van der Waals surface area contributed by atoms with Gasteiger partial charge in [0.25, 0.3) is 5.91 Å². The van der Waals surface area contributed by atoms with Crippen molar-refractivity contribution in [2.24, 2.45) is 0 Å². The molecule has 2 fully saturated rings. The van der Waals surface area contributed by atoms with Crippen LogP contribution in [0.3, 0.4) is 0 Å². The molecule has 4 rings (SSSR count). The van der Waals surface area contributed by atoms with Gasteiger partial charge in [0.2, 0.25) is 0 Å². The molecule has 3 N–H and O–H groups in total. The number of aliphatic hydroxyl groups excluding tert-OH is 1. The van der Waals surface area contributed by atoms with E-state index in [9.17, 15) is 14.3 Å². The van der Waals surface area contributed by atoms with Crippen LogP contribution in [-0.2, 0) is 0 Å². The number of carbonyl (C=O) groups is 1. The van der Waals surface area contributed by atoms with E-state index in [1.54, 1.807) is 13.1 Å². The molecule has 2 aromatic rings. The van der Waals surface area contributed by atoms with Gasteiger partial charge in [-0.15, -0.1) is 0 Å². The molecule has 0 unspecified atom stereocenters. The maximum absolute atomic E-state index is 14.3. The number of halogens is 2. The van der Waals surface area contributed by atoms with E-state index in [4.69, 9.17) is 0 Å². The van der Waals surface area contributed by atoms with Crippen LogP contribution in [0.25, 0.3) is 11.3 Å². The fourth-order valence-corrected chi connectivity index (χ4v) is 3.31. The first-order chi connectivity index (χ1) is 12.9. The Hall–Kier alpha value is -2.06. The third-order valence-electron chi connectivity index (χ3n) is 5.02. The normalized spacial score (nSPS) is 17.5. The van der Waals surface area contributed by atoms with E-state index in [0.717, 1.165) is 25.7 Å². The van der Waals surface area contributed by atoms with Gasteiger partial charge in [-0.3, -0.25) is 4.79 Å². The highest BCUT2D eigenvalue weighted by molar-refractivity contribution is 9.10. The van der Waals surface area contributed by atoms with Gasteiger partial charge in [0, 0.05) is 11.6 Å². The third-order valence-corrected chi connectivity index (χ3v) is 5.57. The number of carbonyl (C=O) groups excluding carboxylic acids is 1. The van der Waals surface area contributed by atoms with E-state index in [2.05, 4.69) is 36.5 Å². The van der Waals surface area contributed by atoms with Crippen LogP contribution in [0.2, 0.25) is 0 Å². The van der Waals surface area contributed by atoms with Crippen molar-refractivity contribution >= 4 is 27.7 Å². The predicted octanol–water partition coefficient (Wildman–Crippen LogP) is 3.18. The smallest absolute Gasteiger partial charge is 0.254 e. The van der Waals surface area contributed by atoms with E-state index < -0.39 is 11.7 Å². The van der Waals surface area contributed by atoms with Crippen molar-refractivity contribution < 1.29 is 14.3 Å². The monoisotopic (exact) mass is 434 g/mol. The quantitative estimate of drug-likeness (QED) is 0.649. The second kappa shape index (κ2) is 6.83. The van der Waals surface area contributed by atoms with Crippen molar-refractivity contribution in [2.75, 3.05) is 11.9 Å². The van der Waals surface area contributed by atoms with Gasteiger partial charge < -0.3 is 15.7 Å². The van der Waals surface area contributed by atoms with Gasteiger partial charge in [-0.2, -0.15) is 0 Å². The second-order valence-corrected chi connectivity index (χ2v) is 8.10. The molecule has 2 aliphatic rings. The van der Waals surface area contributed by atoms with Crippen LogP contribution in [0.5, 0.6) is 0 Å². The SMILES string of the molecule is Cc1cc(F)c(C(=O)NC2CC2)cc1-c1cnc(NC2(CO)CC2)c(Br)n1. The van der Waals surface area contributed by atoms with Crippen LogP contribution in [0, 0.1) is 12.7 Å². The van der Waals surface area contributed by atoms with Gasteiger partial charge in [0.1, 0.15) is 10.4 Å². The maximum atomic E-state index is 14.3. The van der Waals surface area contributed by atoms with Gasteiger partial charge in [0.15, 0.2) is 5.82 Å². The summed E-state index contributed by atoms with van der Waals surface area (Å²) in [6.45, 7) is 1.81. The van der Waals surface area contributed by atoms with Gasteiger partial charge in [0.05, 0.1) is 29.6 Å². The summed E-state index contributed by atoms with van der Waals surface area (Å²) in [5, 5.41) is 15.5. The summed E-state index contributed by atoms with van der Waals surface area (Å²) in [5.41, 5.74) is 1.57. The largest absolute Gasteiger partial charge is 0.394 e. The Morgan fingerprint density at radius 2 is 2.15 bits per heavy atom. The van der Waals surface area contributed by atoms with Gasteiger partial charge in [-0.1, -0.05) is 0 Å². The van der Waals surface area contributed by atoms with Crippen LogP contribution in [0.4, 0.5) is 10.2 Å². The van der Waals surface area contributed by atoms with Crippen molar-refractivity contribution in [3.05, 3.63) is 39.9 Å². The third kappa shape index (κ3) is 3.82. The molecule has 0 radical (unpaired) electrons. The number of aromatic nitrogens is 2.